The number of aryl methyl sites for hydroxylation is 1. The Labute approximate surface area is 157 Å². The van der Waals surface area contributed by atoms with Crippen molar-refractivity contribution in [3.8, 4) is 5.75 Å². The van der Waals surface area contributed by atoms with E-state index < -0.39 is 5.97 Å². The molecule has 1 aliphatic heterocycles. The van der Waals surface area contributed by atoms with E-state index in [-0.39, 0.29) is 5.92 Å². The number of ether oxygens (including phenoxy) is 1. The predicted octanol–water partition coefficient (Wildman–Crippen LogP) is 4.30. The summed E-state index contributed by atoms with van der Waals surface area (Å²) in [6.45, 7) is 4.46. The van der Waals surface area contributed by atoms with Crippen LogP contribution in [0.25, 0.3) is 0 Å². The van der Waals surface area contributed by atoms with Crippen molar-refractivity contribution in [2.24, 2.45) is 5.92 Å². The number of carbonyl (C=O) groups is 1. The summed E-state index contributed by atoms with van der Waals surface area (Å²) in [5.74, 6) is 0.229. The predicted molar refractivity (Wildman–Crippen MR) is 104 cm³/mol. The first kappa shape index (κ1) is 19.2. The summed E-state index contributed by atoms with van der Waals surface area (Å²) in [5, 5.41) is 9.09. The van der Waals surface area contributed by atoms with Crippen molar-refractivity contribution in [2.75, 3.05) is 19.7 Å². The Balaban J connectivity index is 1.48. The molecule has 1 unspecified atom stereocenters. The molecule has 1 N–H and O–H groups in total. The third kappa shape index (κ3) is 4.79. The molecule has 1 heterocycles. The smallest absolute Gasteiger partial charge is 0.309 e. The van der Waals surface area contributed by atoms with Gasteiger partial charge in [0.1, 0.15) is 5.75 Å². The highest BCUT2D eigenvalue weighted by Crippen LogP contribution is 2.34. The number of fused-ring (bicyclic) bond motifs is 1. The van der Waals surface area contributed by atoms with Crippen molar-refractivity contribution in [2.45, 2.75) is 70.8 Å². The zero-order chi connectivity index (χ0) is 18.4. The summed E-state index contributed by atoms with van der Waals surface area (Å²) in [5.41, 5.74) is 2.77. The first-order chi connectivity index (χ1) is 12.7. The Morgan fingerprint density at radius 3 is 2.73 bits per heavy atom. The number of carboxylic acids is 1. The normalized spacial score (nSPS) is 20.4. The molecule has 0 radical (unpaired) electrons. The van der Waals surface area contributed by atoms with Gasteiger partial charge in [0.15, 0.2) is 0 Å². The SMILES string of the molecule is CCCCCCCCOc1cccc2c1CC(N1CC(C(=O)O)C1)CC2. The monoisotopic (exact) mass is 359 g/mol. The first-order valence-corrected chi connectivity index (χ1v) is 10.4. The lowest BCUT2D eigenvalue weighted by atomic mass is 9.84. The second-order valence-corrected chi connectivity index (χ2v) is 7.90. The van der Waals surface area contributed by atoms with Gasteiger partial charge in [-0.05, 0) is 42.9 Å². The van der Waals surface area contributed by atoms with Crippen molar-refractivity contribution in [3.63, 3.8) is 0 Å². The number of aliphatic carboxylic acids is 1. The summed E-state index contributed by atoms with van der Waals surface area (Å²) >= 11 is 0. The van der Waals surface area contributed by atoms with E-state index in [1.54, 1.807) is 0 Å². The Kier molecular flexibility index (Phi) is 6.95. The second kappa shape index (κ2) is 9.40. The van der Waals surface area contributed by atoms with Crippen LogP contribution in [0.2, 0.25) is 0 Å². The maximum absolute atomic E-state index is 11.0. The number of rotatable bonds is 10. The molecule has 144 valence electrons. The van der Waals surface area contributed by atoms with Crippen LogP contribution in [0.1, 0.15) is 63.0 Å². The Bertz CT molecular complexity index is 595. The third-order valence-electron chi connectivity index (χ3n) is 5.95. The molecule has 1 atom stereocenters. The van der Waals surface area contributed by atoms with E-state index in [1.165, 1.54) is 43.2 Å². The zero-order valence-electron chi connectivity index (χ0n) is 16.1. The van der Waals surface area contributed by atoms with Gasteiger partial charge in [0, 0.05) is 19.1 Å². The van der Waals surface area contributed by atoms with Crippen LogP contribution >= 0.6 is 0 Å². The van der Waals surface area contributed by atoms with Crippen LogP contribution in [0.3, 0.4) is 0 Å². The van der Waals surface area contributed by atoms with Gasteiger partial charge < -0.3 is 9.84 Å². The molecule has 1 aromatic carbocycles. The Morgan fingerprint density at radius 1 is 1.19 bits per heavy atom. The number of likely N-dealkylation sites (tertiary alicyclic amines) is 1. The number of benzene rings is 1. The molecule has 1 aromatic rings. The minimum Gasteiger partial charge on any atom is -0.493 e. The van der Waals surface area contributed by atoms with E-state index in [2.05, 4.69) is 30.0 Å². The second-order valence-electron chi connectivity index (χ2n) is 7.90. The maximum atomic E-state index is 11.0. The van der Waals surface area contributed by atoms with Gasteiger partial charge >= 0.3 is 5.97 Å². The van der Waals surface area contributed by atoms with Crippen LogP contribution < -0.4 is 4.74 Å². The van der Waals surface area contributed by atoms with Crippen LogP contribution in [-0.2, 0) is 17.6 Å². The third-order valence-corrected chi connectivity index (χ3v) is 5.95. The number of carboxylic acid groups (broad SMARTS) is 1. The highest BCUT2D eigenvalue weighted by molar-refractivity contribution is 5.71. The van der Waals surface area contributed by atoms with Crippen LogP contribution in [0.5, 0.6) is 5.75 Å². The van der Waals surface area contributed by atoms with Crippen molar-refractivity contribution in [3.05, 3.63) is 29.3 Å². The van der Waals surface area contributed by atoms with Gasteiger partial charge in [-0.15, -0.1) is 0 Å². The van der Waals surface area contributed by atoms with E-state index in [1.807, 2.05) is 0 Å². The minimum absolute atomic E-state index is 0.171. The number of hydrogen-bond donors (Lipinski definition) is 1. The van der Waals surface area contributed by atoms with Crippen LogP contribution in [0, 0.1) is 5.92 Å². The number of unbranched alkanes of at least 4 members (excludes halogenated alkanes) is 5. The standard InChI is InChI=1S/C22H33NO3/c1-2-3-4-5-6-7-13-26-21-10-8-9-17-11-12-19(14-20(17)21)23-15-18(16-23)22(24)25/h8-10,18-19H,2-7,11-16H2,1H3,(H,24,25). The van der Waals surface area contributed by atoms with Gasteiger partial charge in [-0.2, -0.15) is 0 Å². The Hall–Kier alpha value is -1.55. The lowest BCUT2D eigenvalue weighted by molar-refractivity contribution is -0.148. The van der Waals surface area contributed by atoms with Gasteiger partial charge in [0.25, 0.3) is 0 Å². The van der Waals surface area contributed by atoms with Gasteiger partial charge in [-0.25, -0.2) is 0 Å². The minimum atomic E-state index is -0.652. The highest BCUT2D eigenvalue weighted by Gasteiger charge is 2.38. The fourth-order valence-corrected chi connectivity index (χ4v) is 4.22. The van der Waals surface area contributed by atoms with Gasteiger partial charge in [-0.3, -0.25) is 9.69 Å². The molecule has 0 amide bonds. The summed E-state index contributed by atoms with van der Waals surface area (Å²) < 4.78 is 6.14. The molecule has 4 nitrogen and oxygen atoms in total. The number of nitrogens with zero attached hydrogens (tertiary/aromatic N) is 1. The number of hydrogen-bond acceptors (Lipinski definition) is 3. The molecule has 4 heteroatoms. The molecule has 1 saturated heterocycles. The summed E-state index contributed by atoms with van der Waals surface area (Å²) in [7, 11) is 0. The largest absolute Gasteiger partial charge is 0.493 e. The lowest BCUT2D eigenvalue weighted by Crippen LogP contribution is -2.56. The molecule has 0 aromatic heterocycles. The van der Waals surface area contributed by atoms with Crippen LogP contribution in [0.4, 0.5) is 0 Å². The van der Waals surface area contributed by atoms with E-state index in [9.17, 15) is 4.79 Å². The molecule has 26 heavy (non-hydrogen) atoms. The molecular weight excluding hydrogens is 326 g/mol. The fourth-order valence-electron chi connectivity index (χ4n) is 4.22. The van der Waals surface area contributed by atoms with Crippen molar-refractivity contribution in [1.29, 1.82) is 0 Å². The maximum Gasteiger partial charge on any atom is 0.309 e. The van der Waals surface area contributed by atoms with Crippen molar-refractivity contribution >= 4 is 5.97 Å². The van der Waals surface area contributed by atoms with E-state index in [0.29, 0.717) is 19.1 Å². The van der Waals surface area contributed by atoms with Crippen LogP contribution in [0.15, 0.2) is 18.2 Å². The van der Waals surface area contributed by atoms with Gasteiger partial charge in [0.2, 0.25) is 0 Å². The topological polar surface area (TPSA) is 49.8 Å². The van der Waals surface area contributed by atoms with Gasteiger partial charge in [0.05, 0.1) is 12.5 Å². The van der Waals surface area contributed by atoms with Crippen LogP contribution in [-0.4, -0.2) is 41.7 Å². The van der Waals surface area contributed by atoms with Gasteiger partial charge in [-0.1, -0.05) is 51.2 Å². The molecular formula is C22H33NO3. The first-order valence-electron chi connectivity index (χ1n) is 10.4. The molecule has 3 rings (SSSR count). The molecule has 0 bridgehead atoms. The van der Waals surface area contributed by atoms with Crippen molar-refractivity contribution < 1.29 is 14.6 Å². The van der Waals surface area contributed by atoms with E-state index in [0.717, 1.165) is 38.0 Å². The average molecular weight is 360 g/mol. The van der Waals surface area contributed by atoms with E-state index >= 15 is 0 Å². The lowest BCUT2D eigenvalue weighted by Gasteiger charge is -2.44. The molecule has 1 aliphatic carbocycles. The zero-order valence-corrected chi connectivity index (χ0v) is 16.1. The molecule has 0 saturated carbocycles. The summed E-state index contributed by atoms with van der Waals surface area (Å²) in [6.07, 6.45) is 10.9. The Morgan fingerprint density at radius 2 is 1.96 bits per heavy atom. The molecule has 0 spiro atoms. The fraction of sp³-hybridized carbons (Fsp3) is 0.682. The quantitative estimate of drug-likeness (QED) is 0.633. The summed E-state index contributed by atoms with van der Waals surface area (Å²) in [4.78, 5) is 13.4. The van der Waals surface area contributed by atoms with E-state index in [4.69, 9.17) is 9.84 Å². The summed E-state index contributed by atoms with van der Waals surface area (Å²) in [6, 6.07) is 6.91. The highest BCUT2D eigenvalue weighted by atomic mass is 16.5. The molecule has 2 aliphatic rings. The average Bonchev–Trinajstić information content (AvgIpc) is 2.59. The molecule has 1 fully saturated rings. The van der Waals surface area contributed by atoms with Crippen molar-refractivity contribution in [1.82, 2.24) is 4.90 Å².